The summed E-state index contributed by atoms with van der Waals surface area (Å²) in [6.07, 6.45) is 0. The molecule has 0 bridgehead atoms. The van der Waals surface area contributed by atoms with Gasteiger partial charge in [0.1, 0.15) is 15.9 Å². The van der Waals surface area contributed by atoms with Crippen molar-refractivity contribution in [1.82, 2.24) is 0 Å². The van der Waals surface area contributed by atoms with E-state index in [4.69, 9.17) is 0 Å². The Hall–Kier alpha value is -1.63. The fraction of sp³-hybridized carbons (Fsp3) is 0.0526. The monoisotopic (exact) mass is 327 g/mol. The van der Waals surface area contributed by atoms with Crippen LogP contribution >= 0.6 is 17.8 Å². The van der Waals surface area contributed by atoms with E-state index in [1.54, 1.807) is 0 Å². The van der Waals surface area contributed by atoms with Crippen LogP contribution in [0, 0.1) is 0 Å². The molecule has 22 heavy (non-hydrogen) atoms. The number of rotatable bonds is 5. The summed E-state index contributed by atoms with van der Waals surface area (Å²) in [7, 11) is 0. The smallest absolute Gasteiger partial charge is 0.173 e. The van der Waals surface area contributed by atoms with Crippen LogP contribution in [0.1, 0.15) is 0 Å². The van der Waals surface area contributed by atoms with E-state index in [0.29, 0.717) is 0 Å². The van der Waals surface area contributed by atoms with Crippen LogP contribution in [-0.2, 0) is 0 Å². The lowest BCUT2D eigenvalue weighted by Crippen LogP contribution is -2.28. The molecule has 0 aromatic heterocycles. The molecular formula is C19H17FPS+. The molecular weight excluding hydrogens is 310 g/mol. The van der Waals surface area contributed by atoms with E-state index in [1.165, 1.54) is 27.3 Å². The van der Waals surface area contributed by atoms with Crippen molar-refractivity contribution in [2.75, 3.05) is 6.01 Å². The molecule has 0 N–H and O–H groups in total. The predicted molar refractivity (Wildman–Crippen MR) is 98.7 cm³/mol. The van der Waals surface area contributed by atoms with Crippen LogP contribution in [-0.4, -0.2) is 6.01 Å². The lowest BCUT2D eigenvalue weighted by atomic mass is 10.4. The summed E-state index contributed by atoms with van der Waals surface area (Å²) in [5.74, 6) is 0. The van der Waals surface area contributed by atoms with Gasteiger partial charge in [-0.2, -0.15) is 0 Å². The van der Waals surface area contributed by atoms with Gasteiger partial charge in [-0.3, -0.25) is 0 Å². The van der Waals surface area contributed by atoms with Crippen LogP contribution in [0.3, 0.4) is 0 Å². The molecule has 3 aromatic carbocycles. The maximum atomic E-state index is 13.5. The van der Waals surface area contributed by atoms with Crippen LogP contribution in [0.5, 0.6) is 0 Å². The van der Waals surface area contributed by atoms with Gasteiger partial charge in [0.15, 0.2) is 12.5 Å². The lowest BCUT2D eigenvalue weighted by Gasteiger charge is -2.24. The Bertz CT molecular complexity index is 605. The number of benzene rings is 3. The van der Waals surface area contributed by atoms with E-state index in [9.17, 15) is 4.39 Å². The molecule has 110 valence electrons. The topological polar surface area (TPSA) is 0 Å². The van der Waals surface area contributed by atoms with Gasteiger partial charge >= 0.3 is 0 Å². The summed E-state index contributed by atoms with van der Waals surface area (Å²) >= 11 is 1.43. The van der Waals surface area contributed by atoms with Gasteiger partial charge in [-0.1, -0.05) is 54.6 Å². The summed E-state index contributed by atoms with van der Waals surface area (Å²) in [6.45, 7) is -2.01. The van der Waals surface area contributed by atoms with Crippen molar-refractivity contribution in [3.05, 3.63) is 91.0 Å². The third-order valence-corrected chi connectivity index (χ3v) is 10.5. The molecule has 0 saturated heterocycles. The van der Waals surface area contributed by atoms with E-state index in [0.717, 1.165) is 0 Å². The largest absolute Gasteiger partial charge is 0.235 e. The zero-order valence-corrected chi connectivity index (χ0v) is 13.8. The molecule has 0 unspecified atom stereocenters. The second-order valence-electron chi connectivity index (χ2n) is 4.85. The fourth-order valence-corrected chi connectivity index (χ4v) is 8.80. The first-order valence-corrected chi connectivity index (χ1v) is 10.5. The number of alkyl halides is 1. The standard InChI is InChI=1S/C19H17FPS/c20-16-22-21(17-10-4-1-5-11-17,18-12-6-2-7-13-18)19-14-8-3-9-15-19/h1-15H,16H2/q+1. The van der Waals surface area contributed by atoms with Gasteiger partial charge in [0.25, 0.3) is 0 Å². The van der Waals surface area contributed by atoms with Crippen LogP contribution in [0.25, 0.3) is 0 Å². The number of hydrogen-bond donors (Lipinski definition) is 0. The minimum atomic E-state index is -2.01. The van der Waals surface area contributed by atoms with E-state index in [2.05, 4.69) is 36.4 Å². The van der Waals surface area contributed by atoms with Gasteiger partial charge in [0.2, 0.25) is 0 Å². The Morgan fingerprint density at radius 2 is 0.909 bits per heavy atom. The minimum Gasteiger partial charge on any atom is -0.235 e. The molecule has 0 aliphatic rings. The van der Waals surface area contributed by atoms with Crippen molar-refractivity contribution in [2.24, 2.45) is 0 Å². The highest BCUT2D eigenvalue weighted by Crippen LogP contribution is 2.66. The Morgan fingerprint density at radius 3 is 1.18 bits per heavy atom. The second kappa shape index (κ2) is 7.09. The summed E-state index contributed by atoms with van der Waals surface area (Å²) in [4.78, 5) is 0. The highest BCUT2D eigenvalue weighted by Gasteiger charge is 2.46. The van der Waals surface area contributed by atoms with Crippen molar-refractivity contribution in [1.29, 1.82) is 0 Å². The van der Waals surface area contributed by atoms with E-state index >= 15 is 0 Å². The van der Waals surface area contributed by atoms with Crippen LogP contribution < -0.4 is 15.9 Å². The SMILES string of the molecule is FCS[P+](c1ccccc1)(c1ccccc1)c1ccccc1. The Morgan fingerprint density at radius 1 is 0.591 bits per heavy atom. The molecule has 3 rings (SSSR count). The number of halogens is 1. The van der Waals surface area contributed by atoms with Crippen LogP contribution in [0.4, 0.5) is 4.39 Å². The normalized spacial score (nSPS) is 11.3. The van der Waals surface area contributed by atoms with Crippen molar-refractivity contribution < 1.29 is 4.39 Å². The van der Waals surface area contributed by atoms with Crippen molar-refractivity contribution in [3.63, 3.8) is 0 Å². The molecule has 0 amide bonds. The van der Waals surface area contributed by atoms with Gasteiger partial charge in [0.05, 0.1) is 11.4 Å². The zero-order valence-electron chi connectivity index (χ0n) is 12.1. The fourth-order valence-electron chi connectivity index (χ4n) is 2.66. The van der Waals surface area contributed by atoms with Crippen molar-refractivity contribution >= 4 is 33.8 Å². The molecule has 0 radical (unpaired) electrons. The highest BCUT2D eigenvalue weighted by atomic mass is 32.7. The second-order valence-corrected chi connectivity index (χ2v) is 10.5. The maximum Gasteiger partial charge on any atom is 0.173 e. The van der Waals surface area contributed by atoms with Crippen molar-refractivity contribution in [2.45, 2.75) is 0 Å². The molecule has 0 fully saturated rings. The third kappa shape index (κ3) is 2.82. The van der Waals surface area contributed by atoms with E-state index in [-0.39, 0.29) is 0 Å². The van der Waals surface area contributed by atoms with Gasteiger partial charge < -0.3 is 0 Å². The average Bonchev–Trinajstić information content (AvgIpc) is 2.62. The highest BCUT2D eigenvalue weighted by molar-refractivity contribution is 8.69. The van der Waals surface area contributed by atoms with E-state index < -0.39 is 12.5 Å². The molecule has 3 heteroatoms. The molecule has 0 saturated carbocycles. The van der Waals surface area contributed by atoms with Gasteiger partial charge in [-0.25, -0.2) is 4.39 Å². The van der Waals surface area contributed by atoms with Crippen molar-refractivity contribution in [3.8, 4) is 0 Å². The van der Waals surface area contributed by atoms with Gasteiger partial charge in [0, 0.05) is 0 Å². The third-order valence-electron chi connectivity index (χ3n) is 3.60. The van der Waals surface area contributed by atoms with Crippen LogP contribution in [0.2, 0.25) is 0 Å². The van der Waals surface area contributed by atoms with Gasteiger partial charge in [-0.15, -0.1) is 0 Å². The molecule has 0 aliphatic heterocycles. The molecule has 0 nitrogen and oxygen atoms in total. The molecule has 3 aromatic rings. The molecule has 0 aliphatic carbocycles. The summed E-state index contributed by atoms with van der Waals surface area (Å²) < 4.78 is 13.5. The maximum absolute atomic E-state index is 13.5. The summed E-state index contributed by atoms with van der Waals surface area (Å²) in [6, 6.07) is 30.6. The molecule has 0 spiro atoms. The minimum absolute atomic E-state index is 0.396. The Kier molecular flexibility index (Phi) is 4.92. The summed E-state index contributed by atoms with van der Waals surface area (Å²) in [5.41, 5.74) is 0. The predicted octanol–water partition coefficient (Wildman–Crippen LogP) is 4.56. The Labute approximate surface area is 135 Å². The first-order valence-electron chi connectivity index (χ1n) is 7.14. The molecule has 0 heterocycles. The quantitative estimate of drug-likeness (QED) is 0.619. The zero-order chi connectivity index (χ0) is 15.3. The molecule has 0 atom stereocenters. The summed E-state index contributed by atoms with van der Waals surface area (Å²) in [5, 5.41) is 3.61. The van der Waals surface area contributed by atoms with Gasteiger partial charge in [-0.05, 0) is 36.4 Å². The van der Waals surface area contributed by atoms with Crippen LogP contribution in [0.15, 0.2) is 91.0 Å². The first-order chi connectivity index (χ1) is 10.9. The first kappa shape index (κ1) is 15.3. The average molecular weight is 327 g/mol. The number of hydrogen-bond acceptors (Lipinski definition) is 1. The lowest BCUT2D eigenvalue weighted by molar-refractivity contribution is 0.608. The Balaban J connectivity index is 2.29. The van der Waals surface area contributed by atoms with E-state index in [1.807, 2.05) is 54.6 Å².